The lowest BCUT2D eigenvalue weighted by molar-refractivity contribution is -0.841. The third-order valence-corrected chi connectivity index (χ3v) is 7.17. The molecule has 2 nitrogen and oxygen atoms in total. The predicted octanol–water partition coefficient (Wildman–Crippen LogP) is 6.78. The van der Waals surface area contributed by atoms with Crippen molar-refractivity contribution in [1.82, 2.24) is 0 Å². The molecule has 1 unspecified atom stereocenters. The van der Waals surface area contributed by atoms with Gasteiger partial charge in [-0.05, 0) is 76.1 Å². The smallest absolute Gasteiger partial charge is 0.101 e. The molecule has 0 saturated carbocycles. The minimum Gasteiger partial charge on any atom is -0.330 e. The fourth-order valence-corrected chi connectivity index (χ4v) is 5.08. The zero-order valence-corrected chi connectivity index (χ0v) is 22.5. The van der Waals surface area contributed by atoms with Gasteiger partial charge in [0.25, 0.3) is 0 Å². The molecule has 0 radical (unpaired) electrons. The van der Waals surface area contributed by atoms with Gasteiger partial charge in [0.2, 0.25) is 0 Å². The lowest BCUT2D eigenvalue weighted by Crippen LogP contribution is -3.07. The third-order valence-electron chi connectivity index (χ3n) is 7.17. The monoisotopic (exact) mass is 509 g/mol. The van der Waals surface area contributed by atoms with Gasteiger partial charge in [-0.15, -0.1) is 0 Å². The number of nitrogens with two attached hydrogens (primary N) is 1. The van der Waals surface area contributed by atoms with E-state index in [0.717, 1.165) is 26.1 Å². The van der Waals surface area contributed by atoms with E-state index in [0.29, 0.717) is 0 Å². The largest absolute Gasteiger partial charge is 0.330 e. The Morgan fingerprint density at radius 2 is 1.13 bits per heavy atom. The molecule has 1 heterocycles. The molecule has 0 spiro atoms. The van der Waals surface area contributed by atoms with E-state index in [-0.39, 0.29) is 0 Å². The van der Waals surface area contributed by atoms with Crippen molar-refractivity contribution in [2.45, 2.75) is 12.8 Å². The molecule has 0 saturated heterocycles. The molecule has 0 amide bonds. The highest BCUT2D eigenvalue weighted by molar-refractivity contribution is 6.04. The summed E-state index contributed by atoms with van der Waals surface area (Å²) in [6, 6.07) is 41.1. The molecule has 5 rings (SSSR count). The minimum absolute atomic E-state index is 0.780. The highest BCUT2D eigenvalue weighted by atomic mass is 15.1. The average Bonchev–Trinajstić information content (AvgIpc) is 3.01. The molecule has 0 bridgehead atoms. The molecule has 1 atom stereocenters. The Morgan fingerprint density at radius 1 is 0.615 bits per heavy atom. The first kappa shape index (κ1) is 26.4. The van der Waals surface area contributed by atoms with Gasteiger partial charge in [0.05, 0.1) is 12.7 Å². The highest BCUT2D eigenvalue weighted by Crippen LogP contribution is 2.36. The van der Waals surface area contributed by atoms with Crippen LogP contribution in [0.25, 0.3) is 17.2 Å². The standard InChI is InChI=1S/C37H36N2/c38-26-10-11-27-39-28-24-31(25-29-39)19-18-30-20-22-35(23-21-30)37(34-16-8-3-9-17-34)36(32-12-4-1-5-13-32)33-14-6-2-7-15-33/h1-9,12-25,28H,10-11,26-27,29,38H2/p+1/b19-18+. The van der Waals surface area contributed by atoms with Crippen molar-refractivity contribution < 1.29 is 4.90 Å². The lowest BCUT2D eigenvalue weighted by Gasteiger charge is -2.18. The molecular formula is C37H37N2+. The second kappa shape index (κ2) is 13.5. The normalized spacial score (nSPS) is 14.8. The molecule has 3 N–H and O–H groups in total. The van der Waals surface area contributed by atoms with Crippen molar-refractivity contribution in [3.63, 3.8) is 0 Å². The molecule has 4 aromatic carbocycles. The summed E-state index contributed by atoms with van der Waals surface area (Å²) in [6.07, 6.45) is 13.5. The van der Waals surface area contributed by atoms with Crippen LogP contribution in [0.2, 0.25) is 0 Å². The van der Waals surface area contributed by atoms with Crippen molar-refractivity contribution >= 4 is 17.2 Å². The lowest BCUT2D eigenvalue weighted by atomic mass is 9.85. The number of quaternary nitrogens is 1. The summed E-state index contributed by atoms with van der Waals surface area (Å²) in [6.45, 7) is 2.96. The van der Waals surface area contributed by atoms with E-state index in [1.165, 1.54) is 55.9 Å². The number of allylic oxidation sites excluding steroid dienone is 3. The van der Waals surface area contributed by atoms with Crippen LogP contribution in [0.3, 0.4) is 0 Å². The summed E-state index contributed by atoms with van der Waals surface area (Å²) in [5, 5.41) is 0. The van der Waals surface area contributed by atoms with Crippen molar-refractivity contribution in [3.8, 4) is 0 Å². The Kier molecular flexibility index (Phi) is 9.14. The van der Waals surface area contributed by atoms with E-state index in [2.05, 4.69) is 146 Å². The Bertz CT molecular complexity index is 1400. The molecule has 1 aliphatic rings. The van der Waals surface area contributed by atoms with Crippen LogP contribution in [0.15, 0.2) is 145 Å². The van der Waals surface area contributed by atoms with Crippen LogP contribution in [0, 0.1) is 0 Å². The van der Waals surface area contributed by atoms with E-state index in [9.17, 15) is 0 Å². The van der Waals surface area contributed by atoms with E-state index < -0.39 is 0 Å². The van der Waals surface area contributed by atoms with Gasteiger partial charge in [0, 0.05) is 0 Å². The zero-order valence-electron chi connectivity index (χ0n) is 22.5. The average molecular weight is 510 g/mol. The maximum Gasteiger partial charge on any atom is 0.101 e. The third kappa shape index (κ3) is 7.00. The van der Waals surface area contributed by atoms with E-state index in [1.807, 2.05) is 0 Å². The van der Waals surface area contributed by atoms with Crippen LogP contribution in [0.1, 0.15) is 40.7 Å². The number of benzene rings is 4. The van der Waals surface area contributed by atoms with Gasteiger partial charge in [-0.2, -0.15) is 0 Å². The number of unbranched alkanes of at least 4 members (excludes halogenated alkanes) is 1. The van der Waals surface area contributed by atoms with Gasteiger partial charge in [0.1, 0.15) is 6.54 Å². The highest BCUT2D eigenvalue weighted by Gasteiger charge is 2.16. The van der Waals surface area contributed by atoms with Gasteiger partial charge < -0.3 is 10.6 Å². The van der Waals surface area contributed by atoms with Crippen LogP contribution < -0.4 is 10.6 Å². The molecule has 0 aromatic heterocycles. The zero-order chi connectivity index (χ0) is 26.7. The molecule has 194 valence electrons. The number of hydrogen-bond donors (Lipinski definition) is 2. The van der Waals surface area contributed by atoms with Gasteiger partial charge in [-0.1, -0.05) is 127 Å². The fourth-order valence-electron chi connectivity index (χ4n) is 5.08. The van der Waals surface area contributed by atoms with Crippen LogP contribution in [-0.2, 0) is 0 Å². The molecule has 0 aliphatic carbocycles. The van der Waals surface area contributed by atoms with Gasteiger partial charge in [-0.25, -0.2) is 0 Å². The molecule has 39 heavy (non-hydrogen) atoms. The summed E-state index contributed by atoms with van der Waals surface area (Å²) in [5.74, 6) is 0. The van der Waals surface area contributed by atoms with E-state index in [1.54, 1.807) is 0 Å². The van der Waals surface area contributed by atoms with Crippen LogP contribution >= 0.6 is 0 Å². The molecule has 1 aliphatic heterocycles. The van der Waals surface area contributed by atoms with Crippen LogP contribution in [-0.4, -0.2) is 19.6 Å². The Morgan fingerprint density at radius 3 is 1.59 bits per heavy atom. The topological polar surface area (TPSA) is 30.5 Å². The van der Waals surface area contributed by atoms with E-state index in [4.69, 9.17) is 5.73 Å². The van der Waals surface area contributed by atoms with Gasteiger partial charge >= 0.3 is 0 Å². The van der Waals surface area contributed by atoms with Crippen LogP contribution in [0.4, 0.5) is 0 Å². The number of hydrogen-bond acceptors (Lipinski definition) is 1. The molecule has 2 heteroatoms. The second-order valence-corrected chi connectivity index (χ2v) is 9.95. The van der Waals surface area contributed by atoms with Crippen LogP contribution in [0.5, 0.6) is 0 Å². The first-order valence-electron chi connectivity index (χ1n) is 13.9. The molecule has 4 aromatic rings. The SMILES string of the molecule is NCCCC[NH+]1C=CC(/C=C/c2ccc(C(=C(c3ccccc3)c3ccccc3)c3ccccc3)cc2)=CC1. The molecular weight excluding hydrogens is 472 g/mol. The van der Waals surface area contributed by atoms with Gasteiger partial charge in [0.15, 0.2) is 0 Å². The van der Waals surface area contributed by atoms with Crippen molar-refractivity contribution in [3.05, 3.63) is 173 Å². The van der Waals surface area contributed by atoms with Gasteiger partial charge in [-0.3, -0.25) is 0 Å². The maximum absolute atomic E-state index is 5.63. The maximum atomic E-state index is 5.63. The Balaban J connectivity index is 1.46. The summed E-state index contributed by atoms with van der Waals surface area (Å²) in [4.78, 5) is 1.50. The van der Waals surface area contributed by atoms with Crippen molar-refractivity contribution in [2.75, 3.05) is 19.6 Å². The second-order valence-electron chi connectivity index (χ2n) is 9.95. The Hall–Kier alpha value is -4.24. The number of rotatable bonds is 10. The summed E-state index contributed by atoms with van der Waals surface area (Å²) in [5.41, 5.74) is 15.4. The first-order chi connectivity index (χ1) is 19.3. The molecule has 0 fully saturated rings. The Labute approximate surface area is 233 Å². The van der Waals surface area contributed by atoms with Crippen molar-refractivity contribution in [2.24, 2.45) is 5.73 Å². The van der Waals surface area contributed by atoms with Crippen molar-refractivity contribution in [1.29, 1.82) is 0 Å². The fraction of sp³-hybridized carbons (Fsp3) is 0.135. The summed E-state index contributed by atoms with van der Waals surface area (Å²) in [7, 11) is 0. The number of nitrogens with one attached hydrogen (secondary N) is 1. The predicted molar refractivity (Wildman–Crippen MR) is 166 cm³/mol. The summed E-state index contributed by atoms with van der Waals surface area (Å²) >= 11 is 0. The minimum atomic E-state index is 0.780. The van der Waals surface area contributed by atoms with E-state index >= 15 is 0 Å². The quantitative estimate of drug-likeness (QED) is 0.179. The summed E-state index contributed by atoms with van der Waals surface area (Å²) < 4.78 is 0. The first-order valence-corrected chi connectivity index (χ1v) is 13.9.